The van der Waals surface area contributed by atoms with Crippen LogP contribution >= 0.6 is 11.5 Å². The van der Waals surface area contributed by atoms with E-state index in [0.717, 1.165) is 28.2 Å². The van der Waals surface area contributed by atoms with Crippen molar-refractivity contribution in [3.8, 4) is 5.75 Å². The van der Waals surface area contributed by atoms with Gasteiger partial charge in [-0.2, -0.15) is 5.10 Å². The number of fused-ring (bicyclic) bond motifs is 1. The van der Waals surface area contributed by atoms with Gasteiger partial charge in [0.15, 0.2) is 5.69 Å². The van der Waals surface area contributed by atoms with Crippen molar-refractivity contribution in [2.45, 2.75) is 19.4 Å². The standard InChI is InChI=1S/C22H22N6O3S/c1-13-10-15-6-9-17(31-3)11-18(15)20(26-28(13)22(30)23-2)14-4-7-16(8-5-14)24-21(29)19-12-32-27-25-19/h4-9,11-13H,10H2,1-3H3,(H,23,30)(H,24,29)/t13-/m0/s1. The number of anilines is 1. The monoisotopic (exact) mass is 450 g/mol. The number of benzene rings is 2. The number of amides is 3. The van der Waals surface area contributed by atoms with Gasteiger partial charge in [0.25, 0.3) is 5.91 Å². The lowest BCUT2D eigenvalue weighted by Gasteiger charge is -2.22. The first-order valence-electron chi connectivity index (χ1n) is 9.96. The zero-order valence-corrected chi connectivity index (χ0v) is 18.6. The highest BCUT2D eigenvalue weighted by atomic mass is 32.1. The summed E-state index contributed by atoms with van der Waals surface area (Å²) in [7, 11) is 3.20. The first-order valence-corrected chi connectivity index (χ1v) is 10.8. The molecule has 164 valence electrons. The van der Waals surface area contributed by atoms with E-state index >= 15 is 0 Å². The van der Waals surface area contributed by atoms with Gasteiger partial charge in [-0.25, -0.2) is 9.80 Å². The summed E-state index contributed by atoms with van der Waals surface area (Å²) in [6.45, 7) is 1.96. The van der Waals surface area contributed by atoms with E-state index < -0.39 is 0 Å². The lowest BCUT2D eigenvalue weighted by Crippen LogP contribution is -2.41. The van der Waals surface area contributed by atoms with E-state index in [1.54, 1.807) is 31.7 Å². The van der Waals surface area contributed by atoms with Crippen LogP contribution in [-0.4, -0.2) is 52.4 Å². The van der Waals surface area contributed by atoms with Crippen LogP contribution in [0.15, 0.2) is 52.9 Å². The Morgan fingerprint density at radius 2 is 1.97 bits per heavy atom. The topological polar surface area (TPSA) is 109 Å². The molecule has 10 heteroatoms. The Kier molecular flexibility index (Phi) is 6.13. The quantitative estimate of drug-likeness (QED) is 0.635. The van der Waals surface area contributed by atoms with Crippen LogP contribution in [0.5, 0.6) is 5.75 Å². The lowest BCUT2D eigenvalue weighted by molar-refractivity contribution is 0.102. The third-order valence-electron chi connectivity index (χ3n) is 5.14. The van der Waals surface area contributed by atoms with Crippen LogP contribution in [0.3, 0.4) is 0 Å². The fourth-order valence-electron chi connectivity index (χ4n) is 3.49. The van der Waals surface area contributed by atoms with Crippen molar-refractivity contribution in [2.75, 3.05) is 19.5 Å². The number of ether oxygens (including phenoxy) is 1. The van der Waals surface area contributed by atoms with Gasteiger partial charge < -0.3 is 15.4 Å². The number of hydrogen-bond donors (Lipinski definition) is 2. The van der Waals surface area contributed by atoms with E-state index in [4.69, 9.17) is 9.84 Å². The van der Waals surface area contributed by atoms with E-state index in [1.807, 2.05) is 37.3 Å². The van der Waals surface area contributed by atoms with Crippen LogP contribution in [0, 0.1) is 0 Å². The number of carbonyl (C=O) groups excluding carboxylic acids is 2. The van der Waals surface area contributed by atoms with Crippen LogP contribution in [0.25, 0.3) is 0 Å². The molecule has 2 aromatic carbocycles. The Morgan fingerprint density at radius 1 is 1.19 bits per heavy atom. The third kappa shape index (κ3) is 4.30. The van der Waals surface area contributed by atoms with Crippen molar-refractivity contribution >= 4 is 34.9 Å². The second-order valence-corrected chi connectivity index (χ2v) is 7.86. The summed E-state index contributed by atoms with van der Waals surface area (Å²) in [5, 5.41) is 17.0. The Labute approximate surface area is 189 Å². The summed E-state index contributed by atoms with van der Waals surface area (Å²) < 4.78 is 9.13. The zero-order valence-electron chi connectivity index (χ0n) is 17.8. The highest BCUT2D eigenvalue weighted by molar-refractivity contribution is 7.03. The molecule has 4 rings (SSSR count). The molecular formula is C22H22N6O3S. The molecule has 1 aromatic heterocycles. The molecule has 0 aliphatic carbocycles. The molecule has 0 saturated carbocycles. The van der Waals surface area contributed by atoms with Crippen molar-refractivity contribution in [3.05, 3.63) is 70.2 Å². The molecule has 32 heavy (non-hydrogen) atoms. The largest absolute Gasteiger partial charge is 0.497 e. The molecule has 0 spiro atoms. The maximum atomic E-state index is 12.5. The zero-order chi connectivity index (χ0) is 22.7. The fraction of sp³-hybridized carbons (Fsp3) is 0.227. The van der Waals surface area contributed by atoms with Gasteiger partial charge in [0.1, 0.15) is 5.75 Å². The molecule has 0 unspecified atom stereocenters. The second-order valence-electron chi connectivity index (χ2n) is 7.25. The molecule has 0 saturated heterocycles. The molecular weight excluding hydrogens is 428 g/mol. The first-order chi connectivity index (χ1) is 15.5. The number of carbonyl (C=O) groups is 2. The molecule has 1 aliphatic rings. The molecule has 1 aliphatic heterocycles. The van der Waals surface area contributed by atoms with Crippen molar-refractivity contribution in [2.24, 2.45) is 5.10 Å². The number of rotatable bonds is 4. The van der Waals surface area contributed by atoms with Gasteiger partial charge in [0.05, 0.1) is 18.9 Å². The molecule has 0 radical (unpaired) electrons. The Balaban J connectivity index is 1.72. The second kappa shape index (κ2) is 9.15. The van der Waals surface area contributed by atoms with E-state index in [1.165, 1.54) is 5.01 Å². The summed E-state index contributed by atoms with van der Waals surface area (Å²) >= 11 is 1.12. The predicted octanol–water partition coefficient (Wildman–Crippen LogP) is 3.14. The van der Waals surface area contributed by atoms with Crippen molar-refractivity contribution in [3.63, 3.8) is 0 Å². The number of hydrogen-bond acceptors (Lipinski definition) is 7. The fourth-order valence-corrected chi connectivity index (χ4v) is 3.93. The van der Waals surface area contributed by atoms with Gasteiger partial charge in [-0.3, -0.25) is 4.79 Å². The van der Waals surface area contributed by atoms with Gasteiger partial charge in [-0.15, -0.1) is 5.10 Å². The molecule has 0 bridgehead atoms. The summed E-state index contributed by atoms with van der Waals surface area (Å²) in [5.41, 5.74) is 4.29. The molecule has 3 amide bonds. The van der Waals surface area contributed by atoms with E-state index in [0.29, 0.717) is 23.6 Å². The molecule has 3 aromatic rings. The van der Waals surface area contributed by atoms with Crippen LogP contribution in [0.2, 0.25) is 0 Å². The summed E-state index contributed by atoms with van der Waals surface area (Å²) in [4.78, 5) is 24.7. The summed E-state index contributed by atoms with van der Waals surface area (Å²) in [6.07, 6.45) is 0.648. The van der Waals surface area contributed by atoms with E-state index in [2.05, 4.69) is 20.2 Å². The summed E-state index contributed by atoms with van der Waals surface area (Å²) in [5.74, 6) is 0.381. The van der Waals surface area contributed by atoms with E-state index in [-0.39, 0.29) is 23.7 Å². The minimum Gasteiger partial charge on any atom is -0.497 e. The van der Waals surface area contributed by atoms with Crippen molar-refractivity contribution < 1.29 is 14.3 Å². The number of nitrogens with zero attached hydrogens (tertiary/aromatic N) is 4. The third-order valence-corrected chi connectivity index (χ3v) is 5.65. The van der Waals surface area contributed by atoms with Crippen LogP contribution in [-0.2, 0) is 6.42 Å². The molecule has 1 atom stereocenters. The maximum absolute atomic E-state index is 12.5. The summed E-state index contributed by atoms with van der Waals surface area (Å²) in [6, 6.07) is 12.7. The van der Waals surface area contributed by atoms with Gasteiger partial charge in [0, 0.05) is 29.2 Å². The predicted molar refractivity (Wildman–Crippen MR) is 122 cm³/mol. The number of hydrazone groups is 1. The van der Waals surface area contributed by atoms with Gasteiger partial charge in [-0.1, -0.05) is 22.7 Å². The Bertz CT molecular complexity index is 1160. The highest BCUT2D eigenvalue weighted by Crippen LogP contribution is 2.27. The number of urea groups is 1. The molecule has 9 nitrogen and oxygen atoms in total. The first kappa shape index (κ1) is 21.4. The van der Waals surface area contributed by atoms with Crippen LogP contribution in [0.4, 0.5) is 10.5 Å². The van der Waals surface area contributed by atoms with Gasteiger partial charge in [-0.05, 0) is 54.7 Å². The SMILES string of the molecule is CNC(=O)N1N=C(c2ccc(NC(=O)c3csnn3)cc2)c2cc(OC)ccc2C[C@@H]1C. The maximum Gasteiger partial charge on any atom is 0.337 e. The highest BCUT2D eigenvalue weighted by Gasteiger charge is 2.27. The molecule has 0 fully saturated rings. The average molecular weight is 451 g/mol. The minimum atomic E-state index is -0.326. The van der Waals surface area contributed by atoms with Gasteiger partial charge in [0.2, 0.25) is 0 Å². The Hall–Kier alpha value is -3.79. The van der Waals surface area contributed by atoms with Gasteiger partial charge >= 0.3 is 6.03 Å². The number of nitrogens with one attached hydrogen (secondary N) is 2. The normalized spacial score (nSPS) is 15.3. The van der Waals surface area contributed by atoms with E-state index in [9.17, 15) is 9.59 Å². The number of methoxy groups -OCH3 is 1. The van der Waals surface area contributed by atoms with Crippen molar-refractivity contribution in [1.82, 2.24) is 19.9 Å². The minimum absolute atomic E-state index is 0.134. The average Bonchev–Trinajstić information content (AvgIpc) is 3.31. The van der Waals surface area contributed by atoms with Crippen LogP contribution < -0.4 is 15.4 Å². The lowest BCUT2D eigenvalue weighted by atomic mass is 9.94. The molecule has 2 N–H and O–H groups in total. The smallest absolute Gasteiger partial charge is 0.337 e. The van der Waals surface area contributed by atoms with Crippen molar-refractivity contribution in [1.29, 1.82) is 0 Å². The Morgan fingerprint density at radius 3 is 2.62 bits per heavy atom. The molecule has 2 heterocycles. The number of aromatic nitrogens is 2. The van der Waals surface area contributed by atoms with Crippen LogP contribution in [0.1, 0.15) is 34.1 Å².